The maximum atomic E-state index is 13.1. The number of hydrogen-bond donors (Lipinski definition) is 1. The molecule has 1 aliphatic rings. The second-order valence-electron chi connectivity index (χ2n) is 6.77. The lowest BCUT2D eigenvalue weighted by atomic mass is 10.1. The van der Waals surface area contributed by atoms with Gasteiger partial charge in [0.05, 0.1) is 17.7 Å². The lowest BCUT2D eigenvalue weighted by Gasteiger charge is -2.36. The molecule has 0 radical (unpaired) electrons. The number of benzene rings is 2. The van der Waals surface area contributed by atoms with E-state index in [0.717, 1.165) is 11.4 Å². The summed E-state index contributed by atoms with van der Waals surface area (Å²) in [6, 6.07) is 14.0. The van der Waals surface area contributed by atoms with Crippen molar-refractivity contribution in [2.45, 2.75) is 11.8 Å². The van der Waals surface area contributed by atoms with Crippen LogP contribution in [0.4, 0.5) is 5.69 Å². The van der Waals surface area contributed by atoms with Crippen molar-refractivity contribution in [2.75, 3.05) is 38.2 Å². The van der Waals surface area contributed by atoms with Crippen LogP contribution in [-0.4, -0.2) is 57.1 Å². The van der Waals surface area contributed by atoms with Crippen LogP contribution in [0.5, 0.6) is 5.75 Å². The average molecular weight is 416 g/mol. The Balaban J connectivity index is 1.77. The normalized spacial score (nSPS) is 15.9. The molecule has 0 aliphatic carbocycles. The SMILES string of the molecule is COc1ccccc1N1CCN(S(=O)(=O)c2cccc(C=C(C)C(=O)O)c2)CC1. The number of sulfonamides is 1. The maximum Gasteiger partial charge on any atom is 0.331 e. The second-order valence-corrected chi connectivity index (χ2v) is 8.71. The summed E-state index contributed by atoms with van der Waals surface area (Å²) >= 11 is 0. The van der Waals surface area contributed by atoms with E-state index in [9.17, 15) is 13.2 Å². The number of hydrogen-bond acceptors (Lipinski definition) is 5. The number of ether oxygens (including phenoxy) is 1. The molecule has 29 heavy (non-hydrogen) atoms. The first-order valence-electron chi connectivity index (χ1n) is 9.22. The minimum absolute atomic E-state index is 0.143. The molecule has 7 nitrogen and oxygen atoms in total. The minimum Gasteiger partial charge on any atom is -0.495 e. The number of methoxy groups -OCH3 is 1. The zero-order chi connectivity index (χ0) is 21.0. The highest BCUT2D eigenvalue weighted by atomic mass is 32.2. The molecule has 2 aromatic carbocycles. The second kappa shape index (κ2) is 8.67. The first kappa shape index (κ1) is 20.9. The van der Waals surface area contributed by atoms with Gasteiger partial charge in [0.25, 0.3) is 0 Å². The Morgan fingerprint density at radius 3 is 2.41 bits per heavy atom. The molecule has 3 rings (SSSR count). The highest BCUT2D eigenvalue weighted by Crippen LogP contribution is 2.29. The number of nitrogens with zero attached hydrogens (tertiary/aromatic N) is 2. The summed E-state index contributed by atoms with van der Waals surface area (Å²) in [6.45, 7) is 3.29. The van der Waals surface area contributed by atoms with Gasteiger partial charge in [0.2, 0.25) is 10.0 Å². The molecule has 0 unspecified atom stereocenters. The number of carboxylic acid groups (broad SMARTS) is 1. The molecule has 1 saturated heterocycles. The fourth-order valence-electron chi connectivity index (χ4n) is 3.29. The molecule has 1 fully saturated rings. The van der Waals surface area contributed by atoms with E-state index in [1.54, 1.807) is 19.2 Å². The molecule has 0 atom stereocenters. The molecule has 1 heterocycles. The van der Waals surface area contributed by atoms with Crippen LogP contribution in [0.1, 0.15) is 12.5 Å². The van der Waals surface area contributed by atoms with Crippen molar-refractivity contribution in [1.82, 2.24) is 4.31 Å². The molecule has 0 aromatic heterocycles. The maximum absolute atomic E-state index is 13.1. The van der Waals surface area contributed by atoms with Gasteiger partial charge in [-0.3, -0.25) is 0 Å². The van der Waals surface area contributed by atoms with E-state index >= 15 is 0 Å². The molecule has 0 saturated carbocycles. The van der Waals surface area contributed by atoms with E-state index in [1.807, 2.05) is 24.3 Å². The van der Waals surface area contributed by atoms with Crippen LogP contribution in [0.15, 0.2) is 59.0 Å². The summed E-state index contributed by atoms with van der Waals surface area (Å²) < 4.78 is 33.0. The number of carbonyl (C=O) groups is 1. The predicted molar refractivity (Wildman–Crippen MR) is 112 cm³/mol. The number of anilines is 1. The zero-order valence-electron chi connectivity index (χ0n) is 16.4. The van der Waals surface area contributed by atoms with Crippen LogP contribution >= 0.6 is 0 Å². The number of aliphatic carboxylic acids is 1. The van der Waals surface area contributed by atoms with Crippen LogP contribution in [0.25, 0.3) is 6.08 Å². The summed E-state index contributed by atoms with van der Waals surface area (Å²) in [6.07, 6.45) is 1.46. The van der Waals surface area contributed by atoms with Crippen molar-refractivity contribution in [1.29, 1.82) is 0 Å². The number of piperazine rings is 1. The lowest BCUT2D eigenvalue weighted by Crippen LogP contribution is -2.48. The third-order valence-corrected chi connectivity index (χ3v) is 6.78. The summed E-state index contributed by atoms with van der Waals surface area (Å²) in [5.41, 5.74) is 1.63. The molecule has 8 heteroatoms. The van der Waals surface area contributed by atoms with Crippen molar-refractivity contribution >= 4 is 27.8 Å². The van der Waals surface area contributed by atoms with E-state index < -0.39 is 16.0 Å². The van der Waals surface area contributed by atoms with Crippen LogP contribution < -0.4 is 9.64 Å². The van der Waals surface area contributed by atoms with Gasteiger partial charge in [0.15, 0.2) is 0 Å². The van der Waals surface area contributed by atoms with E-state index in [1.165, 1.54) is 29.4 Å². The highest BCUT2D eigenvalue weighted by Gasteiger charge is 2.29. The fraction of sp³-hybridized carbons (Fsp3) is 0.286. The summed E-state index contributed by atoms with van der Waals surface area (Å²) in [7, 11) is -2.05. The van der Waals surface area contributed by atoms with E-state index in [-0.39, 0.29) is 10.5 Å². The number of rotatable bonds is 6. The predicted octanol–water partition coefficient (Wildman–Crippen LogP) is 2.69. The quantitative estimate of drug-likeness (QED) is 0.729. The Hall–Kier alpha value is -2.84. The van der Waals surface area contributed by atoms with E-state index in [2.05, 4.69) is 4.90 Å². The van der Waals surface area contributed by atoms with Gasteiger partial charge < -0.3 is 14.7 Å². The van der Waals surface area contributed by atoms with Gasteiger partial charge >= 0.3 is 5.97 Å². The van der Waals surface area contributed by atoms with Gasteiger partial charge in [0, 0.05) is 31.8 Å². The molecule has 154 valence electrons. The molecule has 0 spiro atoms. The highest BCUT2D eigenvalue weighted by molar-refractivity contribution is 7.89. The van der Waals surface area contributed by atoms with Crippen LogP contribution in [0.2, 0.25) is 0 Å². The van der Waals surface area contributed by atoms with Crippen LogP contribution in [0, 0.1) is 0 Å². The minimum atomic E-state index is -3.66. The average Bonchev–Trinajstić information content (AvgIpc) is 2.74. The Morgan fingerprint density at radius 1 is 1.07 bits per heavy atom. The van der Waals surface area contributed by atoms with E-state index in [4.69, 9.17) is 9.84 Å². The van der Waals surface area contributed by atoms with Gasteiger partial charge in [-0.2, -0.15) is 4.31 Å². The van der Waals surface area contributed by atoms with Crippen molar-refractivity contribution in [3.05, 3.63) is 59.7 Å². The summed E-state index contributed by atoms with van der Waals surface area (Å²) in [5.74, 6) is -0.275. The first-order valence-corrected chi connectivity index (χ1v) is 10.7. The van der Waals surface area contributed by atoms with Crippen molar-refractivity contribution in [2.24, 2.45) is 0 Å². The molecular weight excluding hydrogens is 392 g/mol. The third-order valence-electron chi connectivity index (χ3n) is 4.88. The summed E-state index contributed by atoms with van der Waals surface area (Å²) in [4.78, 5) is 13.3. The van der Waals surface area contributed by atoms with Gasteiger partial charge in [0.1, 0.15) is 5.75 Å². The van der Waals surface area contributed by atoms with Crippen LogP contribution in [-0.2, 0) is 14.8 Å². The van der Waals surface area contributed by atoms with Crippen molar-refractivity contribution in [3.63, 3.8) is 0 Å². The molecule has 0 bridgehead atoms. The summed E-state index contributed by atoms with van der Waals surface area (Å²) in [5, 5.41) is 9.02. The Bertz CT molecular complexity index is 1020. The van der Waals surface area contributed by atoms with Gasteiger partial charge in [-0.05, 0) is 42.8 Å². The molecule has 1 N–H and O–H groups in total. The first-order chi connectivity index (χ1) is 13.8. The van der Waals surface area contributed by atoms with Crippen molar-refractivity contribution in [3.8, 4) is 5.75 Å². The van der Waals surface area contributed by atoms with Crippen molar-refractivity contribution < 1.29 is 23.1 Å². The zero-order valence-corrected chi connectivity index (χ0v) is 17.2. The molecular formula is C21H24N2O5S. The molecule has 0 amide bonds. The topological polar surface area (TPSA) is 87.2 Å². The monoisotopic (exact) mass is 416 g/mol. The Kier molecular flexibility index (Phi) is 6.24. The third kappa shape index (κ3) is 4.60. The fourth-order valence-corrected chi connectivity index (χ4v) is 4.76. The number of carboxylic acids is 1. The Labute approximate surface area is 170 Å². The Morgan fingerprint density at radius 2 is 1.76 bits per heavy atom. The van der Waals surface area contributed by atoms with Gasteiger partial charge in [-0.1, -0.05) is 24.3 Å². The largest absolute Gasteiger partial charge is 0.495 e. The number of para-hydroxylation sites is 2. The van der Waals surface area contributed by atoms with E-state index in [0.29, 0.717) is 31.7 Å². The van der Waals surface area contributed by atoms with Crippen LogP contribution in [0.3, 0.4) is 0 Å². The smallest absolute Gasteiger partial charge is 0.331 e. The van der Waals surface area contributed by atoms with Gasteiger partial charge in [-0.15, -0.1) is 0 Å². The molecule has 2 aromatic rings. The lowest BCUT2D eigenvalue weighted by molar-refractivity contribution is -0.132. The molecule has 1 aliphatic heterocycles. The van der Waals surface area contributed by atoms with Gasteiger partial charge in [-0.25, -0.2) is 13.2 Å². The standard InChI is InChI=1S/C21H24N2O5S/c1-16(21(24)25)14-17-6-5-7-18(15-17)29(26,27)23-12-10-22(11-13-23)19-8-3-4-9-20(19)28-2/h3-9,14-15H,10-13H2,1-2H3,(H,24,25).